The van der Waals surface area contributed by atoms with Gasteiger partial charge >= 0.3 is 0 Å². The molecule has 2 aromatic rings. The summed E-state index contributed by atoms with van der Waals surface area (Å²) in [5.74, 6) is 0.768. The number of hydrogen-bond acceptors (Lipinski definition) is 3. The Hall–Kier alpha value is -1.84. The van der Waals surface area contributed by atoms with Crippen LogP contribution in [0, 0.1) is 0 Å². The first-order valence-electron chi connectivity index (χ1n) is 7.59. The normalized spacial score (nSPS) is 12.9. The van der Waals surface area contributed by atoms with Gasteiger partial charge < -0.3 is 14.6 Å². The lowest BCUT2D eigenvalue weighted by Gasteiger charge is -2.28. The molecule has 0 saturated heterocycles. The minimum atomic E-state index is -0.564. The number of aliphatic hydroxyl groups is 1. The zero-order chi connectivity index (χ0) is 15.8. The summed E-state index contributed by atoms with van der Waals surface area (Å²) in [6.07, 6.45) is -0.0434. The third-order valence-corrected chi connectivity index (χ3v) is 3.39. The Morgan fingerprint density at radius 3 is 2.18 bits per heavy atom. The molecule has 1 atom stereocenters. The molecule has 0 saturated carbocycles. The van der Waals surface area contributed by atoms with E-state index in [1.54, 1.807) is 0 Å². The summed E-state index contributed by atoms with van der Waals surface area (Å²) >= 11 is 0. The van der Waals surface area contributed by atoms with Gasteiger partial charge in [-0.25, -0.2) is 0 Å². The molecule has 22 heavy (non-hydrogen) atoms. The van der Waals surface area contributed by atoms with E-state index >= 15 is 0 Å². The van der Waals surface area contributed by atoms with Crippen LogP contribution in [0.4, 0.5) is 0 Å². The SMILES string of the molecule is CC(C)(CC(O)COc1ccccc1)OCc1ccccc1. The maximum atomic E-state index is 10.1. The largest absolute Gasteiger partial charge is 0.491 e. The van der Waals surface area contributed by atoms with Gasteiger partial charge in [-0.15, -0.1) is 0 Å². The fourth-order valence-electron chi connectivity index (χ4n) is 2.25. The lowest BCUT2D eigenvalue weighted by molar-refractivity contribution is -0.0649. The van der Waals surface area contributed by atoms with Crippen molar-refractivity contribution in [2.45, 2.75) is 38.6 Å². The van der Waals surface area contributed by atoms with Crippen molar-refractivity contribution in [3.8, 4) is 5.75 Å². The summed E-state index contributed by atoms with van der Waals surface area (Å²) in [6.45, 7) is 4.78. The first-order chi connectivity index (χ1) is 10.6. The molecule has 0 bridgehead atoms. The van der Waals surface area contributed by atoms with Gasteiger partial charge in [0.15, 0.2) is 0 Å². The van der Waals surface area contributed by atoms with Gasteiger partial charge in [0.25, 0.3) is 0 Å². The second-order valence-electron chi connectivity index (χ2n) is 6.02. The van der Waals surface area contributed by atoms with Crippen molar-refractivity contribution in [2.24, 2.45) is 0 Å². The number of hydrogen-bond donors (Lipinski definition) is 1. The minimum Gasteiger partial charge on any atom is -0.491 e. The van der Waals surface area contributed by atoms with Crippen LogP contribution in [0.25, 0.3) is 0 Å². The van der Waals surface area contributed by atoms with Gasteiger partial charge in [-0.1, -0.05) is 48.5 Å². The highest BCUT2D eigenvalue weighted by Crippen LogP contribution is 2.20. The van der Waals surface area contributed by atoms with Crippen LogP contribution in [0.2, 0.25) is 0 Å². The molecule has 2 aromatic carbocycles. The van der Waals surface area contributed by atoms with Gasteiger partial charge in [-0.2, -0.15) is 0 Å². The third-order valence-electron chi connectivity index (χ3n) is 3.39. The van der Waals surface area contributed by atoms with Crippen molar-refractivity contribution in [1.29, 1.82) is 0 Å². The Kier molecular flexibility index (Phi) is 5.99. The number of rotatable bonds is 8. The van der Waals surface area contributed by atoms with Crippen molar-refractivity contribution in [3.63, 3.8) is 0 Å². The summed E-state index contributed by atoms with van der Waals surface area (Å²) in [6, 6.07) is 19.6. The molecule has 1 N–H and O–H groups in total. The van der Waals surface area contributed by atoms with Crippen molar-refractivity contribution in [3.05, 3.63) is 66.2 Å². The first kappa shape index (κ1) is 16.5. The minimum absolute atomic E-state index is 0.266. The maximum Gasteiger partial charge on any atom is 0.119 e. The maximum absolute atomic E-state index is 10.1. The summed E-state index contributed by atoms with van der Waals surface area (Å²) in [4.78, 5) is 0. The van der Waals surface area contributed by atoms with E-state index in [1.165, 1.54) is 0 Å². The van der Waals surface area contributed by atoms with Crippen LogP contribution in [0.5, 0.6) is 5.75 Å². The van der Waals surface area contributed by atoms with Crippen LogP contribution in [0.1, 0.15) is 25.8 Å². The Morgan fingerprint density at radius 2 is 1.55 bits per heavy atom. The van der Waals surface area contributed by atoms with Crippen LogP contribution in [-0.4, -0.2) is 23.4 Å². The molecule has 118 valence electrons. The molecule has 0 heterocycles. The zero-order valence-electron chi connectivity index (χ0n) is 13.2. The second-order valence-corrected chi connectivity index (χ2v) is 6.02. The average Bonchev–Trinajstić information content (AvgIpc) is 2.53. The van der Waals surface area contributed by atoms with E-state index in [0.717, 1.165) is 11.3 Å². The van der Waals surface area contributed by atoms with Crippen molar-refractivity contribution in [2.75, 3.05) is 6.61 Å². The van der Waals surface area contributed by atoms with E-state index in [1.807, 2.05) is 74.5 Å². The summed E-state index contributed by atoms with van der Waals surface area (Å²) in [5, 5.41) is 10.1. The van der Waals surface area contributed by atoms with Gasteiger partial charge in [0.05, 0.1) is 18.3 Å². The standard InChI is InChI=1S/C19H24O3/c1-19(2,22-14-16-9-5-3-6-10-16)13-17(20)15-21-18-11-7-4-8-12-18/h3-12,17,20H,13-15H2,1-2H3. The van der Waals surface area contributed by atoms with Crippen molar-refractivity contribution < 1.29 is 14.6 Å². The van der Waals surface area contributed by atoms with E-state index in [-0.39, 0.29) is 6.61 Å². The van der Waals surface area contributed by atoms with Crippen LogP contribution < -0.4 is 4.74 Å². The van der Waals surface area contributed by atoms with Gasteiger partial charge in [0, 0.05) is 6.42 Å². The van der Waals surface area contributed by atoms with Gasteiger partial charge in [0.1, 0.15) is 12.4 Å². The molecular formula is C19H24O3. The molecule has 1 unspecified atom stereocenters. The van der Waals surface area contributed by atoms with E-state index in [9.17, 15) is 5.11 Å². The van der Waals surface area contributed by atoms with Gasteiger partial charge in [-0.3, -0.25) is 0 Å². The van der Waals surface area contributed by atoms with E-state index < -0.39 is 11.7 Å². The molecule has 3 heteroatoms. The highest BCUT2D eigenvalue weighted by molar-refractivity contribution is 5.20. The fraction of sp³-hybridized carbons (Fsp3) is 0.368. The number of ether oxygens (including phenoxy) is 2. The number of para-hydroxylation sites is 1. The lowest BCUT2D eigenvalue weighted by atomic mass is 10.0. The molecule has 0 aliphatic carbocycles. The van der Waals surface area contributed by atoms with Crippen molar-refractivity contribution in [1.82, 2.24) is 0 Å². The van der Waals surface area contributed by atoms with E-state index in [0.29, 0.717) is 13.0 Å². The zero-order valence-corrected chi connectivity index (χ0v) is 13.2. The highest BCUT2D eigenvalue weighted by atomic mass is 16.5. The highest BCUT2D eigenvalue weighted by Gasteiger charge is 2.23. The quantitative estimate of drug-likeness (QED) is 0.805. The summed E-state index contributed by atoms with van der Waals surface area (Å²) < 4.78 is 11.5. The fourth-order valence-corrected chi connectivity index (χ4v) is 2.25. The molecule has 0 fully saturated rings. The predicted octanol–water partition coefficient (Wildman–Crippen LogP) is 3.81. The molecule has 0 aliphatic rings. The molecular weight excluding hydrogens is 276 g/mol. The van der Waals surface area contributed by atoms with Crippen LogP contribution in [0.3, 0.4) is 0 Å². The predicted molar refractivity (Wildman–Crippen MR) is 87.9 cm³/mol. The van der Waals surface area contributed by atoms with E-state index in [2.05, 4.69) is 0 Å². The Balaban J connectivity index is 1.75. The molecule has 0 aliphatic heterocycles. The molecule has 3 nitrogen and oxygen atoms in total. The van der Waals surface area contributed by atoms with E-state index in [4.69, 9.17) is 9.47 Å². The molecule has 0 spiro atoms. The number of benzene rings is 2. The molecule has 0 amide bonds. The molecule has 0 aromatic heterocycles. The van der Waals surface area contributed by atoms with Crippen LogP contribution >= 0.6 is 0 Å². The lowest BCUT2D eigenvalue weighted by Crippen LogP contribution is -2.32. The topological polar surface area (TPSA) is 38.7 Å². The Bertz CT molecular complexity index is 537. The molecule has 0 radical (unpaired) electrons. The summed E-state index contributed by atoms with van der Waals surface area (Å²) in [7, 11) is 0. The Labute approximate surface area is 132 Å². The summed E-state index contributed by atoms with van der Waals surface area (Å²) in [5.41, 5.74) is 0.723. The Morgan fingerprint density at radius 1 is 0.955 bits per heavy atom. The second kappa shape index (κ2) is 7.97. The number of aliphatic hydroxyl groups excluding tert-OH is 1. The third kappa shape index (κ3) is 5.88. The van der Waals surface area contributed by atoms with Gasteiger partial charge in [-0.05, 0) is 31.5 Å². The van der Waals surface area contributed by atoms with Crippen molar-refractivity contribution >= 4 is 0 Å². The smallest absolute Gasteiger partial charge is 0.119 e. The first-order valence-corrected chi connectivity index (χ1v) is 7.59. The van der Waals surface area contributed by atoms with Crippen LogP contribution in [0.15, 0.2) is 60.7 Å². The molecule has 2 rings (SSSR count). The average molecular weight is 300 g/mol. The van der Waals surface area contributed by atoms with Gasteiger partial charge in [0.2, 0.25) is 0 Å². The van der Waals surface area contributed by atoms with Crippen LogP contribution in [-0.2, 0) is 11.3 Å². The monoisotopic (exact) mass is 300 g/mol.